The molecule has 19 heavy (non-hydrogen) atoms. The van der Waals surface area contributed by atoms with Gasteiger partial charge in [0.05, 0.1) is 4.92 Å². The lowest BCUT2D eigenvalue weighted by Gasteiger charge is -2.29. The average Bonchev–Trinajstić information content (AvgIpc) is 2.72. The molecule has 1 aromatic heterocycles. The van der Waals surface area contributed by atoms with Gasteiger partial charge >= 0.3 is 0 Å². The number of sulfonamides is 1. The highest BCUT2D eigenvalue weighted by Gasteiger charge is 2.32. The third-order valence-electron chi connectivity index (χ3n) is 2.64. The molecule has 0 spiro atoms. The van der Waals surface area contributed by atoms with Crippen LogP contribution >= 0.6 is 34.7 Å². The van der Waals surface area contributed by atoms with Crippen molar-refractivity contribution in [3.05, 3.63) is 20.5 Å². The van der Waals surface area contributed by atoms with Crippen LogP contribution in [0.4, 0.5) is 5.69 Å². The maximum absolute atomic E-state index is 12.4. The lowest BCUT2D eigenvalue weighted by molar-refractivity contribution is -0.384. The number of hydrogen-bond donors (Lipinski definition) is 0. The van der Waals surface area contributed by atoms with E-state index in [4.69, 9.17) is 11.6 Å². The molecule has 0 N–H and O–H groups in total. The fourth-order valence-corrected chi connectivity index (χ4v) is 6.29. The van der Waals surface area contributed by atoms with E-state index < -0.39 is 14.9 Å². The average molecular weight is 343 g/mol. The van der Waals surface area contributed by atoms with Gasteiger partial charge in [0.1, 0.15) is 4.21 Å². The van der Waals surface area contributed by atoms with Gasteiger partial charge in [-0.2, -0.15) is 16.1 Å². The van der Waals surface area contributed by atoms with Gasteiger partial charge in [-0.25, -0.2) is 8.42 Å². The summed E-state index contributed by atoms with van der Waals surface area (Å²) in [6, 6.07) is 1.04. The molecule has 0 radical (unpaired) electrons. The Bertz CT molecular complexity index is 601. The van der Waals surface area contributed by atoms with Crippen LogP contribution in [0.1, 0.15) is 6.92 Å². The Kier molecular flexibility index (Phi) is 4.41. The molecule has 2 rings (SSSR count). The van der Waals surface area contributed by atoms with Gasteiger partial charge in [-0.3, -0.25) is 10.1 Å². The first-order valence-corrected chi connectivity index (χ1v) is 9.06. The fraction of sp³-hybridized carbons (Fsp3) is 0.556. The Balaban J connectivity index is 2.34. The van der Waals surface area contributed by atoms with Crippen molar-refractivity contribution in [1.29, 1.82) is 0 Å². The molecule has 106 valence electrons. The van der Waals surface area contributed by atoms with Crippen LogP contribution < -0.4 is 0 Å². The van der Waals surface area contributed by atoms with Crippen molar-refractivity contribution in [2.45, 2.75) is 16.4 Å². The lowest BCUT2D eigenvalue weighted by Crippen LogP contribution is -2.40. The van der Waals surface area contributed by atoms with Crippen LogP contribution in [-0.4, -0.2) is 41.7 Å². The van der Waals surface area contributed by atoms with Gasteiger partial charge in [0.15, 0.2) is 4.34 Å². The van der Waals surface area contributed by atoms with Crippen molar-refractivity contribution < 1.29 is 13.3 Å². The zero-order chi connectivity index (χ0) is 14.2. The minimum atomic E-state index is -3.68. The summed E-state index contributed by atoms with van der Waals surface area (Å²) in [4.78, 5) is 10.0. The normalized spacial score (nSPS) is 21.5. The molecular formula is C9H11ClN2O4S3. The summed E-state index contributed by atoms with van der Waals surface area (Å²) >= 11 is 8.14. The van der Waals surface area contributed by atoms with E-state index in [0.717, 1.165) is 23.2 Å². The summed E-state index contributed by atoms with van der Waals surface area (Å²) in [6.45, 7) is 2.78. The van der Waals surface area contributed by atoms with E-state index in [1.165, 1.54) is 4.31 Å². The molecule has 1 unspecified atom stereocenters. The molecule has 1 atom stereocenters. The topological polar surface area (TPSA) is 80.5 Å². The third kappa shape index (κ3) is 3.05. The van der Waals surface area contributed by atoms with E-state index in [9.17, 15) is 18.5 Å². The lowest BCUT2D eigenvalue weighted by atomic mass is 10.4. The van der Waals surface area contributed by atoms with Gasteiger partial charge in [-0.15, -0.1) is 11.3 Å². The Hall–Kier alpha value is -0.350. The zero-order valence-corrected chi connectivity index (χ0v) is 13.1. The van der Waals surface area contributed by atoms with Crippen molar-refractivity contribution >= 4 is 50.4 Å². The third-order valence-corrected chi connectivity index (χ3v) is 7.43. The second-order valence-corrected chi connectivity index (χ2v) is 9.39. The number of nitro groups is 1. The van der Waals surface area contributed by atoms with Gasteiger partial charge in [0.2, 0.25) is 0 Å². The maximum Gasteiger partial charge on any atom is 0.300 e. The summed E-state index contributed by atoms with van der Waals surface area (Å²) in [6.07, 6.45) is 0. The van der Waals surface area contributed by atoms with Gasteiger partial charge in [0.25, 0.3) is 15.7 Å². The van der Waals surface area contributed by atoms with Crippen molar-refractivity contribution in [3.63, 3.8) is 0 Å². The van der Waals surface area contributed by atoms with Crippen molar-refractivity contribution in [2.24, 2.45) is 0 Å². The van der Waals surface area contributed by atoms with Gasteiger partial charge in [-0.05, 0) is 0 Å². The number of thioether (sulfide) groups is 1. The van der Waals surface area contributed by atoms with Crippen LogP contribution in [0.5, 0.6) is 0 Å². The molecule has 0 saturated carbocycles. The summed E-state index contributed by atoms with van der Waals surface area (Å²) < 4.78 is 25.9. The van der Waals surface area contributed by atoms with Crippen LogP contribution in [0.2, 0.25) is 4.34 Å². The van der Waals surface area contributed by atoms with Crippen LogP contribution in [0.25, 0.3) is 0 Å². The first-order valence-electron chi connectivity index (χ1n) is 5.38. The van der Waals surface area contributed by atoms with E-state index in [-0.39, 0.29) is 19.5 Å². The quantitative estimate of drug-likeness (QED) is 0.622. The second kappa shape index (κ2) is 5.57. The van der Waals surface area contributed by atoms with Crippen LogP contribution in [-0.2, 0) is 10.0 Å². The Morgan fingerprint density at radius 2 is 2.26 bits per heavy atom. The van der Waals surface area contributed by atoms with Crippen LogP contribution in [0.3, 0.4) is 0 Å². The molecule has 2 heterocycles. The highest BCUT2D eigenvalue weighted by atomic mass is 35.5. The summed E-state index contributed by atoms with van der Waals surface area (Å²) in [5.41, 5.74) is -0.357. The molecule has 1 saturated heterocycles. The number of rotatable bonds is 3. The van der Waals surface area contributed by atoms with E-state index in [1.807, 2.05) is 6.92 Å². The molecule has 1 fully saturated rings. The van der Waals surface area contributed by atoms with E-state index >= 15 is 0 Å². The standard InChI is InChI=1S/C9H11ClN2O4S3/c1-6-5-11(2-3-17-6)19(15,16)8-4-7(12(13)14)9(10)18-8/h4,6H,2-3,5H2,1H3. The largest absolute Gasteiger partial charge is 0.300 e. The van der Waals surface area contributed by atoms with Gasteiger partial charge in [0, 0.05) is 30.2 Å². The van der Waals surface area contributed by atoms with Gasteiger partial charge < -0.3 is 0 Å². The first kappa shape index (κ1) is 15.0. The molecule has 0 amide bonds. The predicted octanol–water partition coefficient (Wildman–Crippen LogP) is 2.44. The van der Waals surface area contributed by atoms with E-state index in [1.54, 1.807) is 11.8 Å². The van der Waals surface area contributed by atoms with Crippen molar-refractivity contribution in [3.8, 4) is 0 Å². The van der Waals surface area contributed by atoms with E-state index in [0.29, 0.717) is 13.1 Å². The minimum Gasteiger partial charge on any atom is -0.258 e. The first-order chi connectivity index (χ1) is 8.82. The monoisotopic (exact) mass is 342 g/mol. The smallest absolute Gasteiger partial charge is 0.258 e. The molecular weight excluding hydrogens is 332 g/mol. The molecule has 1 aliphatic heterocycles. The molecule has 10 heteroatoms. The van der Waals surface area contributed by atoms with Crippen molar-refractivity contribution in [2.75, 3.05) is 18.8 Å². The highest BCUT2D eigenvalue weighted by Crippen LogP contribution is 2.38. The summed E-state index contributed by atoms with van der Waals surface area (Å²) in [5.74, 6) is 0.724. The Morgan fingerprint density at radius 3 is 2.79 bits per heavy atom. The molecule has 0 aromatic carbocycles. The van der Waals surface area contributed by atoms with Crippen molar-refractivity contribution in [1.82, 2.24) is 4.31 Å². The molecule has 0 aliphatic carbocycles. The zero-order valence-electron chi connectivity index (χ0n) is 9.91. The number of hydrogen-bond acceptors (Lipinski definition) is 6. The molecule has 6 nitrogen and oxygen atoms in total. The maximum atomic E-state index is 12.4. The second-order valence-electron chi connectivity index (χ2n) is 4.03. The highest BCUT2D eigenvalue weighted by molar-refractivity contribution is 8.00. The minimum absolute atomic E-state index is 0.0664. The predicted molar refractivity (Wildman–Crippen MR) is 76.7 cm³/mol. The van der Waals surface area contributed by atoms with Gasteiger partial charge in [-0.1, -0.05) is 18.5 Å². The number of halogens is 1. The van der Waals surface area contributed by atoms with Crippen LogP contribution in [0, 0.1) is 10.1 Å². The number of nitrogens with zero attached hydrogens (tertiary/aromatic N) is 2. The molecule has 1 aromatic rings. The summed E-state index contributed by atoms with van der Waals surface area (Å²) in [7, 11) is -3.68. The molecule has 1 aliphatic rings. The van der Waals surface area contributed by atoms with Crippen LogP contribution in [0.15, 0.2) is 10.3 Å². The Labute approximate surface area is 123 Å². The fourth-order valence-electron chi connectivity index (χ4n) is 1.72. The molecule has 0 bridgehead atoms. The van der Waals surface area contributed by atoms with E-state index in [2.05, 4.69) is 0 Å². The Morgan fingerprint density at radius 1 is 1.58 bits per heavy atom. The summed E-state index contributed by atoms with van der Waals surface area (Å²) in [5, 5.41) is 10.9. The number of thiophene rings is 1. The SMILES string of the molecule is CC1CN(S(=O)(=O)c2cc([N+](=O)[O-])c(Cl)s2)CCS1.